The van der Waals surface area contributed by atoms with Gasteiger partial charge in [0.15, 0.2) is 0 Å². The zero-order valence-electron chi connectivity index (χ0n) is 19.5. The van der Waals surface area contributed by atoms with Gasteiger partial charge in [0.05, 0.1) is 35.6 Å². The monoisotopic (exact) mass is 489 g/mol. The summed E-state index contributed by atoms with van der Waals surface area (Å²) in [4.78, 5) is 28.9. The normalized spacial score (nSPS) is 21.5. The maximum atomic E-state index is 13.5. The van der Waals surface area contributed by atoms with Gasteiger partial charge in [-0.15, -0.1) is 0 Å². The van der Waals surface area contributed by atoms with E-state index in [0.29, 0.717) is 31.6 Å². The topological polar surface area (TPSA) is 84.5 Å². The van der Waals surface area contributed by atoms with Gasteiger partial charge in [0.2, 0.25) is 5.91 Å². The fourth-order valence-electron chi connectivity index (χ4n) is 5.56. The average Bonchev–Trinajstić information content (AvgIpc) is 3.40. The molecule has 0 radical (unpaired) electrons. The molecule has 3 heterocycles. The van der Waals surface area contributed by atoms with E-state index in [0.717, 1.165) is 37.4 Å². The molecule has 2 aromatic rings. The van der Waals surface area contributed by atoms with Crippen LogP contribution in [-0.4, -0.2) is 64.1 Å². The van der Waals surface area contributed by atoms with Gasteiger partial charge in [-0.3, -0.25) is 14.3 Å². The number of aromatic nitrogens is 2. The van der Waals surface area contributed by atoms with Gasteiger partial charge in [0, 0.05) is 38.0 Å². The zero-order chi connectivity index (χ0) is 24.7. The molecule has 2 amide bonds. The second kappa shape index (κ2) is 9.29. The Labute approximate surface area is 202 Å². The number of amides is 2. The molecular formula is C25H30F3N5O2. The minimum absolute atomic E-state index is 0.00266. The van der Waals surface area contributed by atoms with E-state index in [2.05, 4.69) is 5.10 Å². The predicted molar refractivity (Wildman–Crippen MR) is 123 cm³/mol. The summed E-state index contributed by atoms with van der Waals surface area (Å²) in [5, 5.41) is 4.60. The van der Waals surface area contributed by atoms with Crippen LogP contribution in [0.4, 0.5) is 13.2 Å². The molecule has 0 unspecified atom stereocenters. The van der Waals surface area contributed by atoms with Gasteiger partial charge in [-0.1, -0.05) is 18.2 Å². The van der Waals surface area contributed by atoms with Gasteiger partial charge >= 0.3 is 6.18 Å². The number of hydrogen-bond donors (Lipinski definition) is 1. The second-order valence-electron chi connectivity index (χ2n) is 9.80. The quantitative estimate of drug-likeness (QED) is 0.697. The number of nitrogens with zero attached hydrogens (tertiary/aromatic N) is 4. The lowest BCUT2D eigenvalue weighted by atomic mass is 9.93. The number of likely N-dealkylation sites (tertiary alicyclic amines) is 2. The van der Waals surface area contributed by atoms with Crippen LogP contribution in [0.3, 0.4) is 0 Å². The SMILES string of the molecule is NCC(=O)N1CCC(n2ncc(C(=O)N3CC[C@@H](c4ccccc4C(F)(F)F)C3)c2C2CC2)CC1. The van der Waals surface area contributed by atoms with Crippen molar-refractivity contribution in [1.29, 1.82) is 0 Å². The minimum atomic E-state index is -4.42. The highest BCUT2D eigenvalue weighted by Crippen LogP contribution is 2.44. The third kappa shape index (κ3) is 4.68. The van der Waals surface area contributed by atoms with Crippen LogP contribution in [0.5, 0.6) is 0 Å². The van der Waals surface area contributed by atoms with E-state index in [-0.39, 0.29) is 48.3 Å². The molecule has 35 heavy (non-hydrogen) atoms. The van der Waals surface area contributed by atoms with Crippen molar-refractivity contribution in [3.63, 3.8) is 0 Å². The van der Waals surface area contributed by atoms with E-state index >= 15 is 0 Å². The van der Waals surface area contributed by atoms with Gasteiger partial charge in [-0.2, -0.15) is 18.3 Å². The van der Waals surface area contributed by atoms with E-state index in [1.165, 1.54) is 12.1 Å². The molecule has 188 valence electrons. The molecule has 3 aliphatic rings. The van der Waals surface area contributed by atoms with Crippen LogP contribution in [0.25, 0.3) is 0 Å². The number of hydrogen-bond acceptors (Lipinski definition) is 4. The van der Waals surface area contributed by atoms with Crippen molar-refractivity contribution in [3.05, 3.63) is 52.8 Å². The van der Waals surface area contributed by atoms with Crippen molar-refractivity contribution in [1.82, 2.24) is 19.6 Å². The van der Waals surface area contributed by atoms with E-state index in [9.17, 15) is 22.8 Å². The minimum Gasteiger partial charge on any atom is -0.341 e. The van der Waals surface area contributed by atoms with Crippen molar-refractivity contribution in [2.75, 3.05) is 32.7 Å². The van der Waals surface area contributed by atoms with Crippen LogP contribution >= 0.6 is 0 Å². The molecule has 2 N–H and O–H groups in total. The lowest BCUT2D eigenvalue weighted by Gasteiger charge is -2.32. The van der Waals surface area contributed by atoms with Crippen LogP contribution in [-0.2, 0) is 11.0 Å². The van der Waals surface area contributed by atoms with Gasteiger partial charge in [0.1, 0.15) is 0 Å². The Balaban J connectivity index is 1.33. The molecule has 1 aromatic heterocycles. The number of halogens is 3. The Hall–Kier alpha value is -2.88. The number of nitrogens with two attached hydrogens (primary N) is 1. The Morgan fingerprint density at radius 2 is 1.66 bits per heavy atom. The lowest BCUT2D eigenvalue weighted by molar-refractivity contribution is -0.138. The first-order valence-corrected chi connectivity index (χ1v) is 12.3. The van der Waals surface area contributed by atoms with Crippen LogP contribution in [0.2, 0.25) is 0 Å². The van der Waals surface area contributed by atoms with Crippen LogP contribution in [0, 0.1) is 0 Å². The first-order valence-electron chi connectivity index (χ1n) is 12.3. The molecule has 1 aliphatic carbocycles. The largest absolute Gasteiger partial charge is 0.416 e. The number of carbonyl (C=O) groups is 2. The molecule has 7 nitrogen and oxygen atoms in total. The van der Waals surface area contributed by atoms with E-state index < -0.39 is 11.7 Å². The van der Waals surface area contributed by atoms with Crippen molar-refractivity contribution < 1.29 is 22.8 Å². The highest BCUT2D eigenvalue weighted by Gasteiger charge is 2.40. The first-order chi connectivity index (χ1) is 16.8. The first kappa shape index (κ1) is 23.8. The molecule has 2 saturated heterocycles. The van der Waals surface area contributed by atoms with Gasteiger partial charge in [-0.05, 0) is 43.7 Å². The molecule has 1 saturated carbocycles. The van der Waals surface area contributed by atoms with Crippen LogP contribution in [0.15, 0.2) is 30.5 Å². The zero-order valence-corrected chi connectivity index (χ0v) is 19.5. The van der Waals surface area contributed by atoms with E-state index in [4.69, 9.17) is 5.73 Å². The Morgan fingerprint density at radius 1 is 0.971 bits per heavy atom. The Morgan fingerprint density at radius 3 is 2.31 bits per heavy atom. The van der Waals surface area contributed by atoms with Gasteiger partial charge in [-0.25, -0.2) is 0 Å². The molecule has 5 rings (SSSR count). The van der Waals surface area contributed by atoms with Crippen molar-refractivity contribution >= 4 is 11.8 Å². The number of benzene rings is 1. The van der Waals surface area contributed by atoms with Gasteiger partial charge < -0.3 is 15.5 Å². The summed E-state index contributed by atoms with van der Waals surface area (Å²) in [7, 11) is 0. The fourth-order valence-corrected chi connectivity index (χ4v) is 5.56. The molecule has 10 heteroatoms. The number of rotatable bonds is 5. The molecule has 3 fully saturated rings. The number of alkyl halides is 3. The van der Waals surface area contributed by atoms with E-state index in [1.54, 1.807) is 22.1 Å². The van der Waals surface area contributed by atoms with Gasteiger partial charge in [0.25, 0.3) is 5.91 Å². The summed E-state index contributed by atoms with van der Waals surface area (Å²) in [5.41, 5.74) is 6.63. The van der Waals surface area contributed by atoms with E-state index in [1.807, 2.05) is 4.68 Å². The summed E-state index contributed by atoms with van der Waals surface area (Å²) in [6, 6.07) is 5.77. The Kier molecular flexibility index (Phi) is 6.33. The highest BCUT2D eigenvalue weighted by atomic mass is 19.4. The number of piperidine rings is 1. The maximum Gasteiger partial charge on any atom is 0.416 e. The summed E-state index contributed by atoms with van der Waals surface area (Å²) in [6.07, 6.45) is 1.21. The summed E-state index contributed by atoms with van der Waals surface area (Å²) in [6.45, 7) is 1.91. The fraction of sp³-hybridized carbons (Fsp3) is 0.560. The van der Waals surface area contributed by atoms with Crippen molar-refractivity contribution in [3.8, 4) is 0 Å². The molecule has 0 bridgehead atoms. The standard InChI is InChI=1S/C25H30F3N5O2/c26-25(27,28)21-4-2-1-3-19(21)17-7-10-32(15-17)24(35)20-14-30-33(23(20)16-5-6-16)18-8-11-31(12-9-18)22(34)13-29/h1-4,14,16-18H,5-13,15,29H2/t17-/m1/s1. The third-order valence-corrected chi connectivity index (χ3v) is 7.55. The smallest absolute Gasteiger partial charge is 0.341 e. The van der Waals surface area contributed by atoms with Crippen LogP contribution in [0.1, 0.15) is 77.2 Å². The lowest BCUT2D eigenvalue weighted by Crippen LogP contribution is -2.42. The average molecular weight is 490 g/mol. The predicted octanol–water partition coefficient (Wildman–Crippen LogP) is 3.53. The number of carbonyl (C=O) groups excluding carboxylic acids is 2. The second-order valence-corrected chi connectivity index (χ2v) is 9.80. The third-order valence-electron chi connectivity index (χ3n) is 7.55. The molecular weight excluding hydrogens is 459 g/mol. The molecule has 2 aliphatic heterocycles. The molecule has 1 aromatic carbocycles. The Bertz CT molecular complexity index is 1100. The maximum absolute atomic E-state index is 13.5. The highest BCUT2D eigenvalue weighted by molar-refractivity contribution is 5.95. The molecule has 1 atom stereocenters. The van der Waals surface area contributed by atoms with Crippen LogP contribution < -0.4 is 5.73 Å². The molecule has 0 spiro atoms. The summed E-state index contributed by atoms with van der Waals surface area (Å²) in [5.74, 6) is -0.274. The van der Waals surface area contributed by atoms with Crippen molar-refractivity contribution in [2.24, 2.45) is 5.73 Å². The summed E-state index contributed by atoms with van der Waals surface area (Å²) >= 11 is 0. The van der Waals surface area contributed by atoms with Crippen molar-refractivity contribution in [2.45, 2.75) is 56.2 Å². The summed E-state index contributed by atoms with van der Waals surface area (Å²) < 4.78 is 42.5.